The second-order valence-corrected chi connectivity index (χ2v) is 8.06. The van der Waals surface area contributed by atoms with E-state index >= 15 is 0 Å². The van der Waals surface area contributed by atoms with E-state index in [9.17, 15) is 22.7 Å². The van der Waals surface area contributed by atoms with Crippen LogP contribution in [0, 0.1) is 5.82 Å². The second kappa shape index (κ2) is 7.53. The minimum atomic E-state index is -3.73. The van der Waals surface area contributed by atoms with Gasteiger partial charge >= 0.3 is 0 Å². The molecule has 0 radical (unpaired) electrons. The van der Waals surface area contributed by atoms with Gasteiger partial charge < -0.3 is 10.4 Å². The van der Waals surface area contributed by atoms with Gasteiger partial charge in [0.2, 0.25) is 10.0 Å². The molecule has 138 valence electrons. The van der Waals surface area contributed by atoms with Crippen LogP contribution in [-0.4, -0.2) is 42.9 Å². The Hall–Kier alpha value is -2.29. The number of halogens is 1. The summed E-state index contributed by atoms with van der Waals surface area (Å²) in [6.07, 6.45) is 0.308. The Morgan fingerprint density at radius 1 is 1.12 bits per heavy atom. The number of carbonyl (C=O) groups excluding carboxylic acids is 1. The molecule has 0 spiro atoms. The van der Waals surface area contributed by atoms with Crippen LogP contribution in [0.3, 0.4) is 0 Å². The Balaban J connectivity index is 1.79. The first-order valence-corrected chi connectivity index (χ1v) is 9.65. The fourth-order valence-electron chi connectivity index (χ4n) is 2.77. The highest BCUT2D eigenvalue weighted by molar-refractivity contribution is 7.89. The Morgan fingerprint density at radius 3 is 2.42 bits per heavy atom. The molecule has 0 unspecified atom stereocenters. The van der Waals surface area contributed by atoms with E-state index < -0.39 is 27.9 Å². The minimum absolute atomic E-state index is 0.0284. The number of aliphatic hydroxyl groups excluding tert-OH is 1. The zero-order valence-electron chi connectivity index (χ0n) is 13.9. The summed E-state index contributed by atoms with van der Waals surface area (Å²) in [5, 5.41) is 12.1. The van der Waals surface area contributed by atoms with Crippen LogP contribution in [0.15, 0.2) is 53.4 Å². The van der Waals surface area contributed by atoms with Gasteiger partial charge in [-0.05, 0) is 55.3 Å². The van der Waals surface area contributed by atoms with Gasteiger partial charge in [-0.25, -0.2) is 12.8 Å². The first kappa shape index (κ1) is 18.5. The topological polar surface area (TPSA) is 86.7 Å². The van der Waals surface area contributed by atoms with Crippen molar-refractivity contribution in [1.82, 2.24) is 4.31 Å². The van der Waals surface area contributed by atoms with E-state index in [0.29, 0.717) is 18.5 Å². The van der Waals surface area contributed by atoms with Crippen molar-refractivity contribution in [1.29, 1.82) is 0 Å². The van der Waals surface area contributed by atoms with Gasteiger partial charge in [0.25, 0.3) is 5.91 Å². The number of piperidine rings is 1. The molecule has 0 bridgehead atoms. The highest BCUT2D eigenvalue weighted by Crippen LogP contribution is 2.22. The van der Waals surface area contributed by atoms with Crippen LogP contribution >= 0.6 is 0 Å². The number of hydrogen-bond donors (Lipinski definition) is 2. The SMILES string of the molecule is O=C(Nc1ccc(F)cc1)c1cccc(S(=O)(=O)N2CCC(O)CC2)c1. The van der Waals surface area contributed by atoms with Crippen LogP contribution in [0.5, 0.6) is 0 Å². The van der Waals surface area contributed by atoms with Crippen molar-refractivity contribution in [2.75, 3.05) is 18.4 Å². The van der Waals surface area contributed by atoms with Crippen LogP contribution in [0.1, 0.15) is 23.2 Å². The van der Waals surface area contributed by atoms with Crippen molar-refractivity contribution in [2.24, 2.45) is 0 Å². The summed E-state index contributed by atoms with van der Waals surface area (Å²) in [7, 11) is -3.73. The van der Waals surface area contributed by atoms with Crippen LogP contribution in [0.2, 0.25) is 0 Å². The lowest BCUT2D eigenvalue weighted by atomic mass is 10.1. The molecule has 2 aromatic rings. The number of nitrogens with zero attached hydrogens (tertiary/aromatic N) is 1. The molecule has 0 atom stereocenters. The molecule has 26 heavy (non-hydrogen) atoms. The third-order valence-electron chi connectivity index (χ3n) is 4.26. The number of nitrogens with one attached hydrogen (secondary N) is 1. The first-order valence-electron chi connectivity index (χ1n) is 8.21. The molecule has 2 aromatic carbocycles. The molecule has 6 nitrogen and oxygen atoms in total. The van der Waals surface area contributed by atoms with Crippen molar-refractivity contribution in [2.45, 2.75) is 23.8 Å². The number of carbonyl (C=O) groups is 1. The van der Waals surface area contributed by atoms with Gasteiger partial charge in [-0.3, -0.25) is 4.79 Å². The van der Waals surface area contributed by atoms with Gasteiger partial charge in [-0.1, -0.05) is 6.07 Å². The second-order valence-electron chi connectivity index (χ2n) is 6.12. The molecular formula is C18H19FN2O4S. The van der Waals surface area contributed by atoms with E-state index in [4.69, 9.17) is 0 Å². The smallest absolute Gasteiger partial charge is 0.255 e. The van der Waals surface area contributed by atoms with E-state index in [1.165, 1.54) is 52.8 Å². The zero-order valence-corrected chi connectivity index (χ0v) is 14.7. The van der Waals surface area contributed by atoms with Crippen molar-refractivity contribution in [3.8, 4) is 0 Å². The van der Waals surface area contributed by atoms with Crippen LogP contribution < -0.4 is 5.32 Å². The standard InChI is InChI=1S/C18H19FN2O4S/c19-14-4-6-15(7-5-14)20-18(23)13-2-1-3-17(12-13)26(24,25)21-10-8-16(22)9-11-21/h1-7,12,16,22H,8-11H2,(H,20,23). The Morgan fingerprint density at radius 2 is 1.77 bits per heavy atom. The van der Waals surface area contributed by atoms with E-state index in [-0.39, 0.29) is 23.5 Å². The molecular weight excluding hydrogens is 359 g/mol. The molecule has 0 saturated carbocycles. The maximum absolute atomic E-state index is 12.9. The molecule has 3 rings (SSSR count). The summed E-state index contributed by atoms with van der Waals surface area (Å²) >= 11 is 0. The molecule has 1 amide bonds. The Labute approximate surface area is 151 Å². The van der Waals surface area contributed by atoms with Crippen LogP contribution in [-0.2, 0) is 10.0 Å². The summed E-state index contributed by atoms with van der Waals surface area (Å²) in [5.41, 5.74) is 0.599. The van der Waals surface area contributed by atoms with Gasteiger partial charge in [0.05, 0.1) is 11.0 Å². The third kappa shape index (κ3) is 4.09. The third-order valence-corrected chi connectivity index (χ3v) is 6.15. The molecule has 0 aliphatic carbocycles. The number of anilines is 1. The van der Waals surface area contributed by atoms with E-state index in [2.05, 4.69) is 5.32 Å². The molecule has 1 aliphatic heterocycles. The van der Waals surface area contributed by atoms with Crippen LogP contribution in [0.25, 0.3) is 0 Å². The number of amides is 1. The van der Waals surface area contributed by atoms with Gasteiger partial charge in [0.1, 0.15) is 5.82 Å². The molecule has 1 fully saturated rings. The molecule has 8 heteroatoms. The predicted octanol–water partition coefficient (Wildman–Crippen LogP) is 2.22. The zero-order chi connectivity index (χ0) is 18.7. The van der Waals surface area contributed by atoms with Gasteiger partial charge in [-0.15, -0.1) is 0 Å². The molecule has 1 heterocycles. The molecule has 1 saturated heterocycles. The lowest BCUT2D eigenvalue weighted by molar-refractivity contribution is 0.102. The molecule has 2 N–H and O–H groups in total. The minimum Gasteiger partial charge on any atom is -0.393 e. The van der Waals surface area contributed by atoms with Crippen molar-refractivity contribution in [3.05, 3.63) is 59.9 Å². The highest BCUT2D eigenvalue weighted by Gasteiger charge is 2.29. The normalized spacial score (nSPS) is 16.4. The van der Waals surface area contributed by atoms with E-state index in [1.54, 1.807) is 0 Å². The van der Waals surface area contributed by atoms with Crippen LogP contribution in [0.4, 0.5) is 10.1 Å². The summed E-state index contributed by atoms with van der Waals surface area (Å²) in [6, 6.07) is 11.1. The average Bonchev–Trinajstić information content (AvgIpc) is 2.64. The molecule has 0 aromatic heterocycles. The summed E-state index contributed by atoms with van der Waals surface area (Å²) in [5.74, 6) is -0.898. The fraction of sp³-hybridized carbons (Fsp3) is 0.278. The van der Waals surface area contributed by atoms with Crippen molar-refractivity contribution in [3.63, 3.8) is 0 Å². The average molecular weight is 378 g/mol. The van der Waals surface area contributed by atoms with E-state index in [0.717, 1.165) is 0 Å². The number of aliphatic hydroxyl groups is 1. The lowest BCUT2D eigenvalue weighted by Gasteiger charge is -2.28. The molecule has 1 aliphatic rings. The van der Waals surface area contributed by atoms with E-state index in [1.807, 2.05) is 0 Å². The summed E-state index contributed by atoms with van der Waals surface area (Å²) in [4.78, 5) is 12.4. The number of benzene rings is 2. The van der Waals surface area contributed by atoms with Crippen molar-refractivity contribution >= 4 is 21.6 Å². The number of hydrogen-bond acceptors (Lipinski definition) is 4. The number of rotatable bonds is 4. The Kier molecular flexibility index (Phi) is 5.36. The maximum Gasteiger partial charge on any atom is 0.255 e. The van der Waals surface area contributed by atoms with Crippen molar-refractivity contribution < 1.29 is 22.7 Å². The first-order chi connectivity index (χ1) is 12.4. The fourth-order valence-corrected chi connectivity index (χ4v) is 4.28. The predicted molar refractivity (Wildman–Crippen MR) is 94.8 cm³/mol. The summed E-state index contributed by atoms with van der Waals surface area (Å²) < 4.78 is 39.7. The largest absolute Gasteiger partial charge is 0.393 e. The monoisotopic (exact) mass is 378 g/mol. The van der Waals surface area contributed by atoms with Gasteiger partial charge in [0.15, 0.2) is 0 Å². The Bertz CT molecular complexity index is 892. The van der Waals surface area contributed by atoms with Gasteiger partial charge in [-0.2, -0.15) is 4.31 Å². The van der Waals surface area contributed by atoms with Gasteiger partial charge in [0, 0.05) is 24.3 Å². The summed E-state index contributed by atoms with van der Waals surface area (Å²) in [6.45, 7) is 0.491. The quantitative estimate of drug-likeness (QED) is 0.854. The maximum atomic E-state index is 12.9. The lowest BCUT2D eigenvalue weighted by Crippen LogP contribution is -2.40. The number of sulfonamides is 1. The highest BCUT2D eigenvalue weighted by atomic mass is 32.2.